The van der Waals surface area contributed by atoms with Crippen LogP contribution in [0.2, 0.25) is 0 Å². The van der Waals surface area contributed by atoms with Crippen LogP contribution in [0.15, 0.2) is 47.6 Å². The fourth-order valence-electron chi connectivity index (χ4n) is 2.56. The zero-order valence-electron chi connectivity index (χ0n) is 15.6. The number of methoxy groups -OCH3 is 1. The van der Waals surface area contributed by atoms with Crippen LogP contribution in [0, 0.1) is 10.1 Å². The summed E-state index contributed by atoms with van der Waals surface area (Å²) in [5, 5.41) is 14.7. The summed E-state index contributed by atoms with van der Waals surface area (Å²) in [6, 6.07) is 11.8. The maximum Gasteiger partial charge on any atom is 0.277 e. The topological polar surface area (TPSA) is 103 Å². The molecule has 2 aromatic carbocycles. The molecule has 1 amide bonds. The molecule has 8 nitrogen and oxygen atoms in total. The second kappa shape index (κ2) is 10.2. The maximum absolute atomic E-state index is 11.9. The van der Waals surface area contributed by atoms with Crippen molar-refractivity contribution in [3.8, 4) is 11.5 Å². The zero-order chi connectivity index (χ0) is 20.6. The van der Waals surface area contributed by atoms with Crippen LogP contribution in [0.1, 0.15) is 15.7 Å². The molecule has 152 valence electrons. The minimum atomic E-state index is -0.515. The number of ether oxygens (including phenoxy) is 2. The molecule has 1 fully saturated rings. The van der Waals surface area contributed by atoms with E-state index in [1.54, 1.807) is 0 Å². The minimum Gasteiger partial charge on any atom is -0.496 e. The molecule has 1 aliphatic heterocycles. The summed E-state index contributed by atoms with van der Waals surface area (Å²) in [5.74, 6) is 2.88. The number of hydrogen-bond acceptors (Lipinski definition) is 8. The summed E-state index contributed by atoms with van der Waals surface area (Å²) in [4.78, 5) is 22.3. The van der Waals surface area contributed by atoms with Gasteiger partial charge in [0.25, 0.3) is 11.6 Å². The lowest BCUT2D eigenvalue weighted by Gasteiger charge is -2.10. The number of carbonyl (C=O) groups is 1. The van der Waals surface area contributed by atoms with Crippen molar-refractivity contribution in [3.63, 3.8) is 0 Å². The van der Waals surface area contributed by atoms with Crippen LogP contribution in [-0.4, -0.2) is 42.3 Å². The molecule has 1 N–H and O–H groups in total. The Balaban J connectivity index is 1.51. The van der Waals surface area contributed by atoms with E-state index in [9.17, 15) is 14.9 Å². The van der Waals surface area contributed by atoms with Crippen LogP contribution in [0.4, 0.5) is 5.69 Å². The number of hydrazone groups is 1. The van der Waals surface area contributed by atoms with E-state index in [-0.39, 0.29) is 12.3 Å². The first-order chi connectivity index (χ1) is 14.1. The quantitative estimate of drug-likeness (QED) is 0.385. The molecule has 1 aliphatic rings. The van der Waals surface area contributed by atoms with Crippen LogP contribution in [-0.2, 0) is 4.79 Å². The van der Waals surface area contributed by atoms with Gasteiger partial charge in [-0.15, -0.1) is 23.5 Å². The third kappa shape index (κ3) is 5.88. The largest absolute Gasteiger partial charge is 0.496 e. The fraction of sp³-hybridized carbons (Fsp3) is 0.263. The Morgan fingerprint density at radius 1 is 1.28 bits per heavy atom. The summed E-state index contributed by atoms with van der Waals surface area (Å²) in [6.45, 7) is -0.199. The van der Waals surface area contributed by atoms with E-state index in [0.29, 0.717) is 21.6 Å². The summed E-state index contributed by atoms with van der Waals surface area (Å²) < 4.78 is 11.1. The van der Waals surface area contributed by atoms with Crippen molar-refractivity contribution < 1.29 is 19.2 Å². The Bertz CT molecular complexity index is 899. The van der Waals surface area contributed by atoms with Crippen LogP contribution in [0.25, 0.3) is 0 Å². The molecule has 1 saturated heterocycles. The molecule has 0 saturated carbocycles. The van der Waals surface area contributed by atoms with Gasteiger partial charge in [0.15, 0.2) is 6.61 Å². The first-order valence-corrected chi connectivity index (χ1v) is 10.8. The van der Waals surface area contributed by atoms with Gasteiger partial charge in [-0.1, -0.05) is 12.1 Å². The lowest BCUT2D eigenvalue weighted by atomic mass is 10.2. The lowest BCUT2D eigenvalue weighted by molar-refractivity contribution is -0.384. The second-order valence-corrected chi connectivity index (χ2v) is 8.63. The number of nitrogens with one attached hydrogen (secondary N) is 1. The van der Waals surface area contributed by atoms with E-state index in [1.807, 2.05) is 47.8 Å². The van der Waals surface area contributed by atoms with E-state index < -0.39 is 10.8 Å². The Morgan fingerprint density at radius 3 is 2.66 bits per heavy atom. The third-order valence-electron chi connectivity index (χ3n) is 3.96. The van der Waals surface area contributed by atoms with Gasteiger partial charge in [-0.05, 0) is 23.8 Å². The van der Waals surface area contributed by atoms with Gasteiger partial charge in [0, 0.05) is 29.2 Å². The molecule has 1 heterocycles. The highest BCUT2D eigenvalue weighted by molar-refractivity contribution is 8.19. The number of benzene rings is 2. The van der Waals surface area contributed by atoms with E-state index in [4.69, 9.17) is 9.47 Å². The highest BCUT2D eigenvalue weighted by Crippen LogP contribution is 2.45. The summed E-state index contributed by atoms with van der Waals surface area (Å²) in [6.07, 6.45) is 1.29. The Labute approximate surface area is 176 Å². The predicted octanol–water partition coefficient (Wildman–Crippen LogP) is 3.61. The first kappa shape index (κ1) is 21.0. The molecular weight excluding hydrogens is 414 g/mol. The molecule has 10 heteroatoms. The van der Waals surface area contributed by atoms with Crippen molar-refractivity contribution >= 4 is 41.3 Å². The standard InChI is InChI=1S/C19H19N3O5S2/c1-26-17-7-4-15(22(24)25)10-14(17)11-20-21-18(23)12-27-16-5-2-13(3-6-16)19-28-8-9-29-19/h2-7,10-11,19H,8-9,12H2,1H3,(H,21,23)/b20-11-. The number of amides is 1. The van der Waals surface area contributed by atoms with Gasteiger partial charge in [0.2, 0.25) is 0 Å². The number of carbonyl (C=O) groups excluding carboxylic acids is 1. The van der Waals surface area contributed by atoms with E-state index in [1.165, 1.54) is 37.1 Å². The van der Waals surface area contributed by atoms with Crippen LogP contribution >= 0.6 is 23.5 Å². The molecule has 3 rings (SSSR count). The summed E-state index contributed by atoms with van der Waals surface area (Å²) >= 11 is 3.86. The molecule has 0 aliphatic carbocycles. The van der Waals surface area contributed by atoms with E-state index >= 15 is 0 Å². The Morgan fingerprint density at radius 2 is 2.00 bits per heavy atom. The SMILES string of the molecule is COc1ccc([N+](=O)[O-])cc1/C=N\NC(=O)COc1ccc(C2SCCS2)cc1. The van der Waals surface area contributed by atoms with Crippen molar-refractivity contribution in [1.82, 2.24) is 5.43 Å². The second-order valence-electron chi connectivity index (χ2n) is 5.91. The smallest absolute Gasteiger partial charge is 0.277 e. The normalized spacial score (nSPS) is 14.1. The fourth-order valence-corrected chi connectivity index (χ4v) is 5.42. The number of nitro benzene ring substituents is 1. The first-order valence-electron chi connectivity index (χ1n) is 8.67. The van der Waals surface area contributed by atoms with Gasteiger partial charge >= 0.3 is 0 Å². The van der Waals surface area contributed by atoms with Crippen LogP contribution in [0.3, 0.4) is 0 Å². The zero-order valence-corrected chi connectivity index (χ0v) is 17.2. The number of nitro groups is 1. The predicted molar refractivity (Wildman–Crippen MR) is 115 cm³/mol. The minimum absolute atomic E-state index is 0.0974. The molecule has 0 aromatic heterocycles. The molecule has 0 atom stereocenters. The van der Waals surface area contributed by atoms with Gasteiger partial charge in [-0.2, -0.15) is 5.10 Å². The van der Waals surface area contributed by atoms with E-state index in [0.717, 1.165) is 11.5 Å². The highest BCUT2D eigenvalue weighted by Gasteiger charge is 2.18. The molecule has 0 spiro atoms. The van der Waals surface area contributed by atoms with Crippen LogP contribution < -0.4 is 14.9 Å². The van der Waals surface area contributed by atoms with E-state index in [2.05, 4.69) is 10.5 Å². The van der Waals surface area contributed by atoms with Crippen molar-refractivity contribution in [2.45, 2.75) is 4.58 Å². The molecule has 29 heavy (non-hydrogen) atoms. The van der Waals surface area contributed by atoms with Crippen molar-refractivity contribution in [3.05, 3.63) is 63.7 Å². The summed E-state index contributed by atoms with van der Waals surface area (Å²) in [7, 11) is 1.44. The molecule has 0 bridgehead atoms. The average Bonchev–Trinajstić information content (AvgIpc) is 3.27. The molecule has 0 radical (unpaired) electrons. The van der Waals surface area contributed by atoms with Gasteiger partial charge < -0.3 is 9.47 Å². The van der Waals surface area contributed by atoms with Gasteiger partial charge in [-0.25, -0.2) is 5.43 Å². The number of non-ortho nitro benzene ring substituents is 1. The maximum atomic E-state index is 11.9. The number of thioether (sulfide) groups is 2. The molecule has 2 aromatic rings. The lowest BCUT2D eigenvalue weighted by Crippen LogP contribution is -2.24. The van der Waals surface area contributed by atoms with Gasteiger partial charge in [0.05, 0.1) is 22.8 Å². The molecule has 0 unspecified atom stereocenters. The van der Waals surface area contributed by atoms with Crippen LogP contribution in [0.5, 0.6) is 11.5 Å². The monoisotopic (exact) mass is 433 g/mol. The van der Waals surface area contributed by atoms with Crippen molar-refractivity contribution in [2.75, 3.05) is 25.2 Å². The van der Waals surface area contributed by atoms with Crippen molar-refractivity contribution in [1.29, 1.82) is 0 Å². The highest BCUT2D eigenvalue weighted by atomic mass is 32.2. The van der Waals surface area contributed by atoms with Gasteiger partial charge in [0.1, 0.15) is 11.5 Å². The number of hydrogen-bond donors (Lipinski definition) is 1. The number of rotatable bonds is 8. The van der Waals surface area contributed by atoms with Gasteiger partial charge in [-0.3, -0.25) is 14.9 Å². The number of nitrogens with zero attached hydrogens (tertiary/aromatic N) is 2. The van der Waals surface area contributed by atoms with Crippen molar-refractivity contribution in [2.24, 2.45) is 5.10 Å². The Hall–Kier alpha value is -2.72. The third-order valence-corrected chi connectivity index (χ3v) is 7.07. The Kier molecular flexibility index (Phi) is 7.36. The summed E-state index contributed by atoms with van der Waals surface area (Å²) in [5.41, 5.74) is 3.85. The average molecular weight is 434 g/mol. The molecular formula is C19H19N3O5S2.